The maximum atomic E-state index is 12.5. The van der Waals surface area contributed by atoms with E-state index in [1.807, 2.05) is 0 Å². The van der Waals surface area contributed by atoms with Gasteiger partial charge in [0, 0.05) is 11.3 Å². The Balaban J connectivity index is 0.000000540. The molecular weight excluding hydrogens is 501 g/mol. The Morgan fingerprint density at radius 3 is 2.26 bits per heavy atom. The molecule has 0 spiro atoms. The number of carboxylic acid groups (broad SMARTS) is 2. The Kier molecular flexibility index (Phi) is 8.70. The smallest absolute Gasteiger partial charge is 0.477 e. The van der Waals surface area contributed by atoms with Gasteiger partial charge in [0.15, 0.2) is 0 Å². The van der Waals surface area contributed by atoms with E-state index in [0.29, 0.717) is 5.56 Å². The molecule has 1 fully saturated rings. The van der Waals surface area contributed by atoms with Crippen LogP contribution in [0.5, 0.6) is 0 Å². The molecule has 0 aliphatic carbocycles. The van der Waals surface area contributed by atoms with E-state index in [1.165, 1.54) is 11.8 Å². The van der Waals surface area contributed by atoms with Crippen LogP contribution in [-0.2, 0) is 23.9 Å². The quantitative estimate of drug-likeness (QED) is 0.321. The monoisotopic (exact) mass is 520 g/mol. The van der Waals surface area contributed by atoms with E-state index >= 15 is 0 Å². The summed E-state index contributed by atoms with van der Waals surface area (Å²) >= 11 is 1.25. The molecule has 3 amide bonds. The van der Waals surface area contributed by atoms with Crippen molar-refractivity contribution in [3.8, 4) is 0 Å². The van der Waals surface area contributed by atoms with Crippen molar-refractivity contribution in [3.63, 3.8) is 0 Å². The lowest BCUT2D eigenvalue weighted by Crippen LogP contribution is -2.71. The summed E-state index contributed by atoms with van der Waals surface area (Å²) in [4.78, 5) is 57.3. The molecule has 1 unspecified atom stereocenters. The minimum absolute atomic E-state index is 0.209. The number of β-lactam (4-membered cyclic amide) rings is 1. The number of halogens is 3. The first-order valence-corrected chi connectivity index (χ1v) is 10.5. The maximum absolute atomic E-state index is 12.5. The third-order valence-corrected chi connectivity index (χ3v) is 5.96. The molecule has 7 N–H and O–H groups in total. The van der Waals surface area contributed by atoms with Gasteiger partial charge < -0.3 is 31.7 Å². The van der Waals surface area contributed by atoms with Gasteiger partial charge in [-0.15, -0.1) is 11.8 Å². The molecule has 2 aliphatic rings. The first kappa shape index (κ1) is 27.5. The molecular formula is C19H19F3N4O8S. The van der Waals surface area contributed by atoms with E-state index in [0.717, 1.165) is 4.90 Å². The number of fused-ring (bicyclic) bond motifs is 1. The Bertz CT molecular complexity index is 1050. The topological polar surface area (TPSA) is 202 Å². The zero-order valence-corrected chi connectivity index (χ0v) is 18.3. The zero-order valence-electron chi connectivity index (χ0n) is 17.5. The number of carbonyl (C=O) groups is 5. The van der Waals surface area contributed by atoms with Crippen molar-refractivity contribution < 1.29 is 52.1 Å². The fourth-order valence-electron chi connectivity index (χ4n) is 3.01. The maximum Gasteiger partial charge on any atom is 0.490 e. The summed E-state index contributed by atoms with van der Waals surface area (Å²) in [6.45, 7) is -0.323. The highest BCUT2D eigenvalue weighted by Gasteiger charge is 2.54. The van der Waals surface area contributed by atoms with Crippen molar-refractivity contribution in [1.82, 2.24) is 10.2 Å². The van der Waals surface area contributed by atoms with Crippen LogP contribution in [-0.4, -0.2) is 74.9 Å². The van der Waals surface area contributed by atoms with Crippen LogP contribution in [0.1, 0.15) is 11.6 Å². The number of carbonyl (C=O) groups excluding carboxylic acids is 3. The van der Waals surface area contributed by atoms with Gasteiger partial charge in [0.25, 0.3) is 5.91 Å². The number of hydrogen-bond donors (Lipinski definition) is 5. The van der Waals surface area contributed by atoms with Crippen LogP contribution in [0, 0.1) is 0 Å². The first-order valence-electron chi connectivity index (χ1n) is 9.49. The minimum Gasteiger partial charge on any atom is -0.477 e. The Morgan fingerprint density at radius 1 is 1.20 bits per heavy atom. The van der Waals surface area contributed by atoms with Crippen molar-refractivity contribution in [1.29, 1.82) is 0 Å². The highest BCUT2D eigenvalue weighted by Crippen LogP contribution is 2.40. The van der Waals surface area contributed by atoms with Crippen molar-refractivity contribution in [2.45, 2.75) is 23.6 Å². The number of nitrogens with two attached hydrogens (primary N) is 2. The van der Waals surface area contributed by atoms with Gasteiger partial charge >= 0.3 is 24.2 Å². The van der Waals surface area contributed by atoms with Crippen molar-refractivity contribution in [2.75, 3.05) is 12.4 Å². The van der Waals surface area contributed by atoms with Crippen molar-refractivity contribution in [2.24, 2.45) is 11.5 Å². The van der Waals surface area contributed by atoms with E-state index in [9.17, 15) is 37.5 Å². The molecule has 1 aromatic rings. The number of alkyl halides is 3. The summed E-state index contributed by atoms with van der Waals surface area (Å²) in [7, 11) is 0. The standard InChI is InChI=1S/C17H18N4O6S.C2HF3O2/c18-10(8-4-2-1-3-5-8)13(22)20-11-14(23)21-12(16(24)25)9(6-27-17(19)26)7-28-15(11)21;3-2(4,5)1(6)7/h1-5,10-11,15H,6-7,18H2,(H2,19,26)(H,20,22)(H,24,25);(H,6,7)/t10-,11?,15-;/m1./s1. The lowest BCUT2D eigenvalue weighted by atomic mass is 10.0. The Morgan fingerprint density at radius 2 is 1.77 bits per heavy atom. The van der Waals surface area contributed by atoms with Crippen LogP contribution in [0.3, 0.4) is 0 Å². The first-order chi connectivity index (χ1) is 16.3. The fraction of sp³-hybridized carbons (Fsp3) is 0.316. The summed E-state index contributed by atoms with van der Waals surface area (Å²) in [6.07, 6.45) is -6.13. The SMILES string of the molecule is NC(=O)OCC1=C(C(=O)O)N2C(=O)C(NC(=O)[C@H](N)c3ccccc3)[C@H]2SC1.O=C(O)C(F)(F)F. The van der Waals surface area contributed by atoms with Gasteiger partial charge in [0.1, 0.15) is 29.8 Å². The predicted molar refractivity (Wildman–Crippen MR) is 112 cm³/mol. The van der Waals surface area contributed by atoms with E-state index in [4.69, 9.17) is 21.4 Å². The number of rotatable bonds is 6. The molecule has 0 saturated carbocycles. The number of nitrogens with zero attached hydrogens (tertiary/aromatic N) is 1. The summed E-state index contributed by atoms with van der Waals surface area (Å²) in [5.41, 5.74) is 11.4. The molecule has 190 valence electrons. The number of amides is 3. The summed E-state index contributed by atoms with van der Waals surface area (Å²) < 4.78 is 36.4. The van der Waals surface area contributed by atoms with Crippen LogP contribution in [0.2, 0.25) is 0 Å². The molecule has 3 atom stereocenters. The summed E-state index contributed by atoms with van der Waals surface area (Å²) in [6, 6.07) is 6.84. The predicted octanol–water partition coefficient (Wildman–Crippen LogP) is 0.154. The van der Waals surface area contributed by atoms with Crippen LogP contribution < -0.4 is 16.8 Å². The van der Waals surface area contributed by atoms with Gasteiger partial charge in [0.05, 0.1) is 0 Å². The van der Waals surface area contributed by atoms with Crippen LogP contribution in [0.15, 0.2) is 41.6 Å². The molecule has 0 aromatic heterocycles. The highest BCUT2D eigenvalue weighted by atomic mass is 32.2. The average Bonchev–Trinajstić information content (AvgIpc) is 2.79. The van der Waals surface area contributed by atoms with Crippen molar-refractivity contribution in [3.05, 3.63) is 47.2 Å². The van der Waals surface area contributed by atoms with Gasteiger partial charge in [-0.25, -0.2) is 14.4 Å². The van der Waals surface area contributed by atoms with Crippen LogP contribution in [0.4, 0.5) is 18.0 Å². The van der Waals surface area contributed by atoms with Crippen LogP contribution >= 0.6 is 11.8 Å². The molecule has 1 saturated heterocycles. The number of hydrogen-bond acceptors (Lipinski definition) is 8. The largest absolute Gasteiger partial charge is 0.490 e. The molecule has 1 aromatic carbocycles. The number of primary amides is 1. The molecule has 12 nitrogen and oxygen atoms in total. The van der Waals surface area contributed by atoms with E-state index in [1.54, 1.807) is 30.3 Å². The number of nitrogens with one attached hydrogen (secondary N) is 1. The fourth-order valence-corrected chi connectivity index (χ4v) is 4.33. The minimum atomic E-state index is -5.08. The number of thioether (sulfide) groups is 1. The number of aliphatic carboxylic acids is 2. The normalized spacial score (nSPS) is 19.9. The third kappa shape index (κ3) is 6.63. The number of benzene rings is 1. The van der Waals surface area contributed by atoms with Gasteiger partial charge in [0.2, 0.25) is 5.91 Å². The molecule has 16 heteroatoms. The van der Waals surface area contributed by atoms with Crippen molar-refractivity contribution >= 4 is 41.6 Å². The second kappa shape index (κ2) is 11.1. The molecule has 2 heterocycles. The number of carboxylic acids is 2. The van der Waals surface area contributed by atoms with Gasteiger partial charge in [-0.2, -0.15) is 13.2 Å². The molecule has 35 heavy (non-hydrogen) atoms. The van der Waals surface area contributed by atoms with E-state index in [-0.39, 0.29) is 23.6 Å². The second-order valence-electron chi connectivity index (χ2n) is 6.95. The lowest BCUT2D eigenvalue weighted by Gasteiger charge is -2.49. The van der Waals surface area contributed by atoms with Gasteiger partial charge in [-0.1, -0.05) is 30.3 Å². The summed E-state index contributed by atoms with van der Waals surface area (Å²) in [5.74, 6) is -4.98. The van der Waals surface area contributed by atoms with E-state index in [2.05, 4.69) is 10.1 Å². The van der Waals surface area contributed by atoms with Crippen LogP contribution in [0.25, 0.3) is 0 Å². The molecule has 3 rings (SSSR count). The lowest BCUT2D eigenvalue weighted by molar-refractivity contribution is -0.192. The van der Waals surface area contributed by atoms with Gasteiger partial charge in [-0.05, 0) is 5.56 Å². The third-order valence-electron chi connectivity index (χ3n) is 4.62. The second-order valence-corrected chi connectivity index (χ2v) is 8.06. The average molecular weight is 520 g/mol. The Labute approximate surface area is 199 Å². The summed E-state index contributed by atoms with van der Waals surface area (Å²) in [5, 5.41) is 18.6. The highest BCUT2D eigenvalue weighted by molar-refractivity contribution is 8.00. The molecule has 0 radical (unpaired) electrons. The zero-order chi connectivity index (χ0) is 26.5. The van der Waals surface area contributed by atoms with E-state index < -0.39 is 53.5 Å². The Hall–Kier alpha value is -3.79. The number of ether oxygens (including phenoxy) is 1. The molecule has 0 bridgehead atoms. The van der Waals surface area contributed by atoms with Gasteiger partial charge in [-0.3, -0.25) is 14.5 Å². The molecule has 2 aliphatic heterocycles.